The minimum atomic E-state index is -0.962. The van der Waals surface area contributed by atoms with Crippen LogP contribution in [0.3, 0.4) is 0 Å². The predicted octanol–water partition coefficient (Wildman–Crippen LogP) is 4.95. The van der Waals surface area contributed by atoms with Gasteiger partial charge in [0, 0.05) is 5.56 Å². The number of ketones is 1. The van der Waals surface area contributed by atoms with Crippen molar-refractivity contribution in [3.63, 3.8) is 0 Å². The lowest BCUT2D eigenvalue weighted by Crippen LogP contribution is -2.29. The second kappa shape index (κ2) is 8.31. The number of phenolic OH excluding ortho intramolecular Hbond substituents is 1. The third kappa shape index (κ3) is 3.48. The number of aliphatic hydroxyl groups is 1. The van der Waals surface area contributed by atoms with Gasteiger partial charge in [-0.2, -0.15) is 0 Å². The summed E-state index contributed by atoms with van der Waals surface area (Å²) >= 11 is 1.29. The van der Waals surface area contributed by atoms with Crippen LogP contribution in [0.1, 0.15) is 22.7 Å². The lowest BCUT2D eigenvalue weighted by molar-refractivity contribution is -0.132. The highest BCUT2D eigenvalue weighted by Crippen LogP contribution is 2.45. The standard InChI is InChI=1S/C26H20N2O5S/c1-14-8-10-17-20(12-14)34-26(27-17)28-22(16-9-11-18(29)19(13-16)33-2)21(24(31)25(28)32)23(30)15-6-4-3-5-7-15/h3-13,22,29-30H,1-2H3/b23-21+. The summed E-state index contributed by atoms with van der Waals surface area (Å²) in [6.45, 7) is 1.97. The van der Waals surface area contributed by atoms with E-state index in [2.05, 4.69) is 4.98 Å². The average Bonchev–Trinajstić information content (AvgIpc) is 3.37. The highest BCUT2D eigenvalue weighted by molar-refractivity contribution is 7.22. The van der Waals surface area contributed by atoms with Gasteiger partial charge < -0.3 is 14.9 Å². The number of benzene rings is 3. The molecular formula is C26H20N2O5S. The van der Waals surface area contributed by atoms with E-state index in [4.69, 9.17) is 4.74 Å². The molecule has 34 heavy (non-hydrogen) atoms. The Morgan fingerprint density at radius 2 is 1.82 bits per heavy atom. The largest absolute Gasteiger partial charge is 0.507 e. The van der Waals surface area contributed by atoms with Crippen LogP contribution in [-0.4, -0.2) is 34.0 Å². The average molecular weight is 473 g/mol. The number of hydrogen-bond acceptors (Lipinski definition) is 7. The van der Waals surface area contributed by atoms with E-state index in [1.54, 1.807) is 42.5 Å². The van der Waals surface area contributed by atoms with Gasteiger partial charge in [0.15, 0.2) is 16.6 Å². The van der Waals surface area contributed by atoms with E-state index < -0.39 is 17.7 Å². The maximum atomic E-state index is 13.3. The van der Waals surface area contributed by atoms with Crippen molar-refractivity contribution < 1.29 is 24.5 Å². The molecule has 170 valence electrons. The summed E-state index contributed by atoms with van der Waals surface area (Å²) in [6.07, 6.45) is 0. The number of anilines is 1. The van der Waals surface area contributed by atoms with Crippen molar-refractivity contribution in [2.45, 2.75) is 13.0 Å². The Kier molecular flexibility index (Phi) is 5.30. The molecule has 0 radical (unpaired) electrons. The number of carbonyl (C=O) groups excluding carboxylic acids is 2. The van der Waals surface area contributed by atoms with Gasteiger partial charge in [-0.05, 0) is 42.3 Å². The number of nitrogens with zero attached hydrogens (tertiary/aromatic N) is 2. The molecule has 1 unspecified atom stereocenters. The van der Waals surface area contributed by atoms with Crippen LogP contribution in [0.4, 0.5) is 5.13 Å². The molecule has 0 bridgehead atoms. The number of Topliss-reactive ketones (excluding diaryl/α,β-unsaturated/α-hetero) is 1. The second-order valence-corrected chi connectivity index (χ2v) is 8.94. The molecule has 1 saturated heterocycles. The number of hydrogen-bond donors (Lipinski definition) is 2. The first kappa shape index (κ1) is 21.7. The second-order valence-electron chi connectivity index (χ2n) is 7.93. The number of thiazole rings is 1. The normalized spacial score (nSPS) is 17.5. The lowest BCUT2D eigenvalue weighted by Gasteiger charge is -2.23. The van der Waals surface area contributed by atoms with E-state index in [0.29, 0.717) is 21.8 Å². The minimum absolute atomic E-state index is 0.0561. The van der Waals surface area contributed by atoms with Gasteiger partial charge >= 0.3 is 5.91 Å². The van der Waals surface area contributed by atoms with Crippen molar-refractivity contribution in [1.82, 2.24) is 4.98 Å². The summed E-state index contributed by atoms with van der Waals surface area (Å²) in [6, 6.07) is 18.0. The van der Waals surface area contributed by atoms with Crippen LogP contribution >= 0.6 is 11.3 Å². The van der Waals surface area contributed by atoms with Gasteiger partial charge in [-0.3, -0.25) is 14.5 Å². The van der Waals surface area contributed by atoms with Gasteiger partial charge in [0.25, 0.3) is 5.78 Å². The zero-order valence-electron chi connectivity index (χ0n) is 18.4. The molecule has 3 aromatic carbocycles. The number of aromatic hydroxyl groups is 1. The monoisotopic (exact) mass is 472 g/mol. The summed E-state index contributed by atoms with van der Waals surface area (Å²) in [5, 5.41) is 21.6. The number of amides is 1. The first-order valence-electron chi connectivity index (χ1n) is 10.5. The number of aryl methyl sites for hydroxylation is 1. The number of rotatable bonds is 4. The van der Waals surface area contributed by atoms with Gasteiger partial charge in [0.05, 0.1) is 28.9 Å². The van der Waals surface area contributed by atoms with E-state index in [9.17, 15) is 19.8 Å². The zero-order chi connectivity index (χ0) is 24.0. The van der Waals surface area contributed by atoms with E-state index in [1.165, 1.54) is 29.4 Å². The molecule has 1 fully saturated rings. The number of aromatic nitrogens is 1. The fourth-order valence-corrected chi connectivity index (χ4v) is 5.17. The molecule has 8 heteroatoms. The molecule has 7 nitrogen and oxygen atoms in total. The molecule has 4 aromatic rings. The Hall–Kier alpha value is -4.17. The third-order valence-corrected chi connectivity index (χ3v) is 6.77. The van der Waals surface area contributed by atoms with Gasteiger partial charge in [-0.25, -0.2) is 4.98 Å². The van der Waals surface area contributed by atoms with Gasteiger partial charge in [-0.1, -0.05) is 53.8 Å². The molecular weight excluding hydrogens is 452 g/mol. The Labute approximate surface area is 199 Å². The van der Waals surface area contributed by atoms with E-state index in [1.807, 2.05) is 25.1 Å². The molecule has 1 amide bonds. The summed E-state index contributed by atoms with van der Waals surface area (Å²) in [7, 11) is 1.41. The minimum Gasteiger partial charge on any atom is -0.507 e. The van der Waals surface area contributed by atoms with Crippen LogP contribution in [0.25, 0.3) is 16.0 Å². The lowest BCUT2D eigenvalue weighted by atomic mass is 9.95. The molecule has 1 aliphatic rings. The van der Waals surface area contributed by atoms with Crippen LogP contribution in [-0.2, 0) is 9.59 Å². The summed E-state index contributed by atoms with van der Waals surface area (Å²) < 4.78 is 6.13. The molecule has 2 N–H and O–H groups in total. The Morgan fingerprint density at radius 1 is 1.06 bits per heavy atom. The maximum absolute atomic E-state index is 13.3. The highest BCUT2D eigenvalue weighted by atomic mass is 32.1. The summed E-state index contributed by atoms with van der Waals surface area (Å²) in [5.41, 5.74) is 2.60. The maximum Gasteiger partial charge on any atom is 0.301 e. The molecule has 0 spiro atoms. The van der Waals surface area contributed by atoms with Crippen molar-refractivity contribution in [3.8, 4) is 11.5 Å². The number of fused-ring (bicyclic) bond motifs is 1. The molecule has 1 aromatic heterocycles. The van der Waals surface area contributed by atoms with E-state index in [0.717, 1.165) is 10.3 Å². The number of phenols is 1. The first-order valence-corrected chi connectivity index (χ1v) is 11.3. The molecule has 1 aliphatic heterocycles. The van der Waals surface area contributed by atoms with Crippen molar-refractivity contribution in [3.05, 3.63) is 89.0 Å². The molecule has 5 rings (SSSR count). The predicted molar refractivity (Wildman–Crippen MR) is 130 cm³/mol. The summed E-state index contributed by atoms with van der Waals surface area (Å²) in [5.74, 6) is -1.78. The quantitative estimate of drug-likeness (QED) is 0.248. The van der Waals surface area contributed by atoms with Crippen LogP contribution in [0.2, 0.25) is 0 Å². The van der Waals surface area contributed by atoms with Gasteiger partial charge in [0.1, 0.15) is 5.76 Å². The molecule has 1 atom stereocenters. The number of aliphatic hydroxyl groups excluding tert-OH is 1. The van der Waals surface area contributed by atoms with Crippen molar-refractivity contribution >= 4 is 44.1 Å². The SMILES string of the molecule is COc1cc(C2/C(=C(\O)c3ccccc3)C(=O)C(=O)N2c2nc3ccc(C)cc3s2)ccc1O. The van der Waals surface area contributed by atoms with Gasteiger partial charge in [0.2, 0.25) is 0 Å². The van der Waals surface area contributed by atoms with Crippen LogP contribution in [0, 0.1) is 6.92 Å². The zero-order valence-corrected chi connectivity index (χ0v) is 19.2. The molecule has 2 heterocycles. The Bertz CT molecular complexity index is 1480. The van der Waals surface area contributed by atoms with Crippen molar-refractivity contribution in [2.24, 2.45) is 0 Å². The fraction of sp³-hybridized carbons (Fsp3) is 0.115. The van der Waals surface area contributed by atoms with E-state index in [-0.39, 0.29) is 22.8 Å². The fourth-order valence-electron chi connectivity index (χ4n) is 4.08. The molecule has 0 saturated carbocycles. The van der Waals surface area contributed by atoms with Crippen LogP contribution in [0.5, 0.6) is 11.5 Å². The van der Waals surface area contributed by atoms with Crippen molar-refractivity contribution in [2.75, 3.05) is 12.0 Å². The van der Waals surface area contributed by atoms with E-state index >= 15 is 0 Å². The number of methoxy groups -OCH3 is 1. The van der Waals surface area contributed by atoms with Crippen LogP contribution < -0.4 is 9.64 Å². The Balaban J connectivity index is 1.75. The van der Waals surface area contributed by atoms with Crippen LogP contribution in [0.15, 0.2) is 72.3 Å². The molecule has 0 aliphatic carbocycles. The van der Waals surface area contributed by atoms with Gasteiger partial charge in [-0.15, -0.1) is 0 Å². The Morgan fingerprint density at radius 3 is 2.56 bits per heavy atom. The first-order chi connectivity index (χ1) is 16.4. The third-order valence-electron chi connectivity index (χ3n) is 5.75. The number of ether oxygens (including phenoxy) is 1. The highest BCUT2D eigenvalue weighted by Gasteiger charge is 2.48. The smallest absolute Gasteiger partial charge is 0.301 e. The number of carbonyl (C=O) groups is 2. The topological polar surface area (TPSA) is 100.0 Å². The summed E-state index contributed by atoms with van der Waals surface area (Å²) in [4.78, 5) is 32.5. The van der Waals surface area contributed by atoms with Crippen molar-refractivity contribution in [1.29, 1.82) is 0 Å².